The molecule has 53 heavy (non-hydrogen) atoms. The lowest BCUT2D eigenvalue weighted by atomic mass is 9.84. The van der Waals surface area contributed by atoms with Crippen molar-refractivity contribution in [1.82, 2.24) is 10.2 Å². The van der Waals surface area contributed by atoms with Crippen LogP contribution in [-0.4, -0.2) is 110 Å². The molecule has 0 aromatic heterocycles. The van der Waals surface area contributed by atoms with Gasteiger partial charge in [-0.15, -0.1) is 0 Å². The number of aryl methyl sites for hydroxylation is 2. The van der Waals surface area contributed by atoms with Crippen molar-refractivity contribution in [2.45, 2.75) is 87.6 Å². The molecule has 3 heterocycles. The summed E-state index contributed by atoms with van der Waals surface area (Å²) in [4.78, 5) is 28.1. The van der Waals surface area contributed by atoms with Crippen molar-refractivity contribution < 1.29 is 54.1 Å². The molecule has 9 atom stereocenters. The number of phenolic OH excluding ortho intramolecular Hbond substituents is 1. The Morgan fingerprint density at radius 1 is 1.13 bits per heavy atom. The Balaban J connectivity index is 1.27. The van der Waals surface area contributed by atoms with Crippen LogP contribution in [0, 0.1) is 37.5 Å². The fourth-order valence-corrected chi connectivity index (χ4v) is 7.51. The first-order valence-corrected chi connectivity index (χ1v) is 17.5. The van der Waals surface area contributed by atoms with E-state index in [1.54, 1.807) is 43.0 Å². The van der Waals surface area contributed by atoms with E-state index in [1.807, 2.05) is 0 Å². The number of halogens is 1. The molecule has 4 bridgehead atoms. The van der Waals surface area contributed by atoms with Gasteiger partial charge in [-0.1, -0.05) is 59.6 Å². The number of benzene rings is 2. The maximum absolute atomic E-state index is 13.4. The van der Waals surface area contributed by atoms with E-state index >= 15 is 0 Å². The van der Waals surface area contributed by atoms with Crippen LogP contribution in [0.15, 0.2) is 47.6 Å². The smallest absolute Gasteiger partial charge is 0.255 e. The topological polar surface area (TPSA) is 187 Å². The standard InChI is InChI=1S/C39H39ClN2O11/c1-19-8-9-20(2)33(46)31(19)36(48)41-27-18-51-37(35(47)38(27,3)49)53-39-22(12-15-28(39)44)11-10-21-6-5-7-29(39)52-34-26(50-4)14-13-23(32(34)40)25(43)16-30(45)42-17-24(21)42/h6,8-9,12-14,24-25,27-29,35,37,43-44,46-47,49H,15-18H2,1-4H3,(H,41,48)/t24?,25-,27?,28-,29-,35?,37?,38?,39+,42?/m0/s1. The summed E-state index contributed by atoms with van der Waals surface area (Å²) in [6.07, 6.45) is -4.56. The average Bonchev–Trinajstić information content (AvgIpc) is 3.84. The molecule has 278 valence electrons. The molecule has 13 nitrogen and oxygen atoms in total. The Bertz CT molecular complexity index is 2070. The zero-order valence-corrected chi connectivity index (χ0v) is 30.1. The number of rotatable bonds is 5. The van der Waals surface area contributed by atoms with Gasteiger partial charge < -0.3 is 54.7 Å². The lowest BCUT2D eigenvalue weighted by molar-refractivity contribution is -0.316. The van der Waals surface area contributed by atoms with E-state index in [0.29, 0.717) is 23.2 Å². The molecule has 14 heteroatoms. The summed E-state index contributed by atoms with van der Waals surface area (Å²) in [6.45, 7) is 4.63. The quantitative estimate of drug-likeness (QED) is 0.193. The summed E-state index contributed by atoms with van der Waals surface area (Å²) >= 11 is 6.86. The largest absolute Gasteiger partial charge is 0.507 e. The highest BCUT2D eigenvalue weighted by molar-refractivity contribution is 6.33. The summed E-state index contributed by atoms with van der Waals surface area (Å²) in [7, 11) is 1.39. The van der Waals surface area contributed by atoms with Crippen molar-refractivity contribution in [2.24, 2.45) is 0 Å². The lowest BCUT2D eigenvalue weighted by Crippen LogP contribution is -2.69. The van der Waals surface area contributed by atoms with Crippen molar-refractivity contribution in [3.8, 4) is 40.9 Å². The van der Waals surface area contributed by atoms with Gasteiger partial charge in [0.2, 0.25) is 5.91 Å². The molecular weight excluding hydrogens is 708 g/mol. The third-order valence-electron chi connectivity index (χ3n) is 10.6. The number of carbonyl (C=O) groups is 2. The Hall–Kier alpha value is -4.57. The molecule has 2 fully saturated rings. The molecule has 0 spiro atoms. The van der Waals surface area contributed by atoms with E-state index in [-0.39, 0.29) is 64.3 Å². The van der Waals surface area contributed by atoms with Gasteiger partial charge in [-0.2, -0.15) is 0 Å². The van der Waals surface area contributed by atoms with Crippen LogP contribution >= 0.6 is 11.6 Å². The summed E-state index contributed by atoms with van der Waals surface area (Å²) in [5, 5.41) is 59.6. The summed E-state index contributed by atoms with van der Waals surface area (Å²) in [5.41, 5.74) is -2.07. The van der Waals surface area contributed by atoms with Crippen LogP contribution in [0.1, 0.15) is 52.9 Å². The number of carbonyl (C=O) groups excluding carboxylic acids is 2. The van der Waals surface area contributed by atoms with Gasteiger partial charge in [0.05, 0.1) is 55.0 Å². The predicted octanol–water partition coefficient (Wildman–Crippen LogP) is 1.73. The van der Waals surface area contributed by atoms with Gasteiger partial charge in [0.25, 0.3) is 5.91 Å². The number of nitrogens with zero attached hydrogens (tertiary/aromatic N) is 1. The molecule has 2 aromatic carbocycles. The maximum Gasteiger partial charge on any atom is 0.255 e. The van der Waals surface area contributed by atoms with Crippen molar-refractivity contribution >= 4 is 23.4 Å². The number of phenols is 1. The molecule has 5 aliphatic rings. The Kier molecular flexibility index (Phi) is 9.50. The minimum Gasteiger partial charge on any atom is -0.507 e. The Morgan fingerprint density at radius 3 is 2.64 bits per heavy atom. The van der Waals surface area contributed by atoms with Crippen LogP contribution in [0.3, 0.4) is 0 Å². The first kappa shape index (κ1) is 36.8. The normalized spacial score (nSPS) is 32.8. The van der Waals surface area contributed by atoms with Gasteiger partial charge in [0, 0.05) is 29.3 Å². The number of ether oxygens (including phenoxy) is 4. The number of aliphatic hydroxyl groups excluding tert-OH is 3. The van der Waals surface area contributed by atoms with Gasteiger partial charge >= 0.3 is 0 Å². The van der Waals surface area contributed by atoms with E-state index in [4.69, 9.17) is 30.5 Å². The van der Waals surface area contributed by atoms with Gasteiger partial charge in [-0.3, -0.25) is 9.59 Å². The highest BCUT2D eigenvalue weighted by Gasteiger charge is 2.59. The molecule has 5 unspecified atom stereocenters. The van der Waals surface area contributed by atoms with Gasteiger partial charge in [-0.05, 0) is 44.4 Å². The Labute approximate surface area is 310 Å². The molecule has 3 aliphatic heterocycles. The lowest BCUT2D eigenvalue weighted by Gasteiger charge is -2.48. The van der Waals surface area contributed by atoms with Gasteiger partial charge in [0.1, 0.15) is 17.5 Å². The molecule has 2 amide bonds. The molecule has 2 saturated heterocycles. The molecule has 0 saturated carbocycles. The molecule has 7 rings (SSSR count). The maximum atomic E-state index is 13.4. The number of aliphatic hydroxyl groups is 4. The van der Waals surface area contributed by atoms with E-state index in [0.717, 1.165) is 0 Å². The number of aromatic hydroxyl groups is 1. The van der Waals surface area contributed by atoms with Crippen LogP contribution in [0.25, 0.3) is 0 Å². The van der Waals surface area contributed by atoms with Crippen LogP contribution in [0.4, 0.5) is 0 Å². The third-order valence-corrected chi connectivity index (χ3v) is 11.0. The average molecular weight is 747 g/mol. The molecule has 0 radical (unpaired) electrons. The van der Waals surface area contributed by atoms with Crippen LogP contribution in [-0.2, 0) is 14.3 Å². The summed E-state index contributed by atoms with van der Waals surface area (Å²) < 4.78 is 24.6. The highest BCUT2D eigenvalue weighted by atomic mass is 35.5. The van der Waals surface area contributed by atoms with Gasteiger partial charge in [0.15, 0.2) is 29.5 Å². The second kappa shape index (κ2) is 13.7. The second-order valence-electron chi connectivity index (χ2n) is 14.0. The molecule has 2 aromatic rings. The third kappa shape index (κ3) is 6.22. The fourth-order valence-electron chi connectivity index (χ4n) is 7.18. The van der Waals surface area contributed by atoms with Crippen LogP contribution in [0.2, 0.25) is 5.02 Å². The van der Waals surface area contributed by atoms with Crippen molar-refractivity contribution in [2.75, 3.05) is 20.3 Å². The number of nitrogens with one attached hydrogen (secondary N) is 1. The first-order chi connectivity index (χ1) is 25.2. The van der Waals surface area contributed by atoms with E-state index in [2.05, 4.69) is 29.0 Å². The van der Waals surface area contributed by atoms with Crippen LogP contribution in [0.5, 0.6) is 17.2 Å². The van der Waals surface area contributed by atoms with E-state index in [9.17, 15) is 35.1 Å². The van der Waals surface area contributed by atoms with E-state index in [1.165, 1.54) is 26.2 Å². The number of fused-ring (bicyclic) bond motifs is 8. The minimum atomic E-state index is -2.06. The van der Waals surface area contributed by atoms with Crippen LogP contribution < -0.4 is 14.8 Å². The predicted molar refractivity (Wildman–Crippen MR) is 189 cm³/mol. The minimum absolute atomic E-state index is 0.0202. The number of allylic oxidation sites excluding steroid dienone is 1. The van der Waals surface area contributed by atoms with Gasteiger partial charge in [-0.25, -0.2) is 0 Å². The molecule has 2 aliphatic carbocycles. The van der Waals surface area contributed by atoms with E-state index < -0.39 is 59.9 Å². The Morgan fingerprint density at radius 2 is 1.89 bits per heavy atom. The van der Waals surface area contributed by atoms with Crippen molar-refractivity contribution in [3.63, 3.8) is 0 Å². The number of hydrogen-bond acceptors (Lipinski definition) is 11. The van der Waals surface area contributed by atoms with Crippen molar-refractivity contribution in [3.05, 3.63) is 74.8 Å². The number of hydrogen-bond donors (Lipinski definition) is 6. The number of amides is 2. The fraction of sp³-hybridized carbons (Fsp3) is 0.436. The van der Waals surface area contributed by atoms with Crippen molar-refractivity contribution in [1.29, 1.82) is 0 Å². The molecular formula is C39H39ClN2O11. The highest BCUT2D eigenvalue weighted by Crippen LogP contribution is 2.47. The summed E-state index contributed by atoms with van der Waals surface area (Å²) in [5.74, 6) is 11.0. The number of methoxy groups -OCH3 is 1. The summed E-state index contributed by atoms with van der Waals surface area (Å²) in [6, 6.07) is 4.85. The zero-order chi connectivity index (χ0) is 38.0. The first-order valence-electron chi connectivity index (χ1n) is 17.1. The SMILES string of the molecule is COc1ccc2c(Cl)c1O[C@H]1C#CC=C(C#CC3=CC[C@H](O)[C@]31OC1OCC(NC(=O)c3c(C)ccc(C)c3O)C(C)(O)C1O)C1CN1C(=O)C[C@@H]2O. The molecule has 6 N–H and O–H groups in total. The monoisotopic (exact) mass is 746 g/mol. The zero-order valence-electron chi connectivity index (χ0n) is 29.3. The second-order valence-corrected chi connectivity index (χ2v) is 14.4.